The molecule has 0 spiro atoms. The SMILES string of the molecule is CCSc1[nH]c2ccc(OC)cc2c1C(C)=O. The van der Waals surface area contributed by atoms with Crippen LogP contribution in [0.4, 0.5) is 0 Å². The molecule has 1 aromatic heterocycles. The number of ketones is 1. The van der Waals surface area contributed by atoms with Gasteiger partial charge in [0, 0.05) is 10.9 Å². The fourth-order valence-electron chi connectivity index (χ4n) is 1.88. The van der Waals surface area contributed by atoms with Gasteiger partial charge >= 0.3 is 0 Å². The highest BCUT2D eigenvalue weighted by atomic mass is 32.2. The summed E-state index contributed by atoms with van der Waals surface area (Å²) < 4.78 is 5.19. The highest BCUT2D eigenvalue weighted by Crippen LogP contribution is 2.32. The molecular formula is C13H15NO2S. The summed E-state index contributed by atoms with van der Waals surface area (Å²) in [5, 5.41) is 1.89. The number of fused-ring (bicyclic) bond motifs is 1. The van der Waals surface area contributed by atoms with E-state index in [9.17, 15) is 4.79 Å². The Morgan fingerprint density at radius 1 is 1.47 bits per heavy atom. The van der Waals surface area contributed by atoms with Crippen LogP contribution in [-0.4, -0.2) is 23.6 Å². The number of carbonyl (C=O) groups excluding carboxylic acids is 1. The highest BCUT2D eigenvalue weighted by molar-refractivity contribution is 7.99. The van der Waals surface area contributed by atoms with Crippen molar-refractivity contribution in [2.75, 3.05) is 12.9 Å². The standard InChI is InChI=1S/C13H15NO2S/c1-4-17-13-12(8(2)15)10-7-9(16-3)5-6-11(10)14-13/h5-7,14H,4H2,1-3H3. The number of H-pyrrole nitrogens is 1. The van der Waals surface area contributed by atoms with Crippen molar-refractivity contribution in [2.24, 2.45) is 0 Å². The van der Waals surface area contributed by atoms with E-state index in [-0.39, 0.29) is 5.78 Å². The highest BCUT2D eigenvalue weighted by Gasteiger charge is 2.15. The van der Waals surface area contributed by atoms with Crippen LogP contribution in [0, 0.1) is 0 Å². The second-order valence-corrected chi connectivity index (χ2v) is 5.00. The number of methoxy groups -OCH3 is 1. The molecule has 90 valence electrons. The van der Waals surface area contributed by atoms with Crippen LogP contribution in [0.15, 0.2) is 23.2 Å². The van der Waals surface area contributed by atoms with Crippen LogP contribution in [0.2, 0.25) is 0 Å². The lowest BCUT2D eigenvalue weighted by molar-refractivity contribution is 0.101. The number of hydrogen-bond acceptors (Lipinski definition) is 3. The maximum absolute atomic E-state index is 11.7. The lowest BCUT2D eigenvalue weighted by Crippen LogP contribution is -1.93. The topological polar surface area (TPSA) is 42.1 Å². The molecule has 0 aliphatic carbocycles. The first-order valence-electron chi connectivity index (χ1n) is 5.50. The van der Waals surface area contributed by atoms with Gasteiger partial charge < -0.3 is 9.72 Å². The fourth-order valence-corrected chi connectivity index (χ4v) is 2.74. The molecule has 1 N–H and O–H groups in total. The molecule has 2 rings (SSSR count). The zero-order valence-corrected chi connectivity index (χ0v) is 11.0. The average Bonchev–Trinajstić information content (AvgIpc) is 2.66. The number of benzene rings is 1. The van der Waals surface area contributed by atoms with Crippen LogP contribution in [-0.2, 0) is 0 Å². The van der Waals surface area contributed by atoms with Crippen LogP contribution in [0.1, 0.15) is 24.2 Å². The normalized spacial score (nSPS) is 10.8. The largest absolute Gasteiger partial charge is 0.497 e. The van der Waals surface area contributed by atoms with Crippen molar-refractivity contribution in [3.63, 3.8) is 0 Å². The molecule has 0 atom stereocenters. The van der Waals surface area contributed by atoms with Crippen molar-refractivity contribution < 1.29 is 9.53 Å². The van der Waals surface area contributed by atoms with E-state index >= 15 is 0 Å². The van der Waals surface area contributed by atoms with E-state index in [1.54, 1.807) is 25.8 Å². The Hall–Kier alpha value is -1.42. The summed E-state index contributed by atoms with van der Waals surface area (Å²) in [5.41, 5.74) is 1.75. The summed E-state index contributed by atoms with van der Waals surface area (Å²) in [6.07, 6.45) is 0. The Bertz CT molecular complexity index is 560. The minimum atomic E-state index is 0.0838. The molecule has 0 unspecified atom stereocenters. The maximum Gasteiger partial charge on any atom is 0.163 e. The summed E-state index contributed by atoms with van der Waals surface area (Å²) in [4.78, 5) is 15.0. The molecule has 1 heterocycles. The third-order valence-electron chi connectivity index (χ3n) is 2.61. The van der Waals surface area contributed by atoms with Gasteiger partial charge in [-0.15, -0.1) is 11.8 Å². The number of carbonyl (C=O) groups is 1. The number of Topliss-reactive ketones (excluding diaryl/α,β-unsaturated/α-hetero) is 1. The van der Waals surface area contributed by atoms with Gasteiger partial charge in [-0.05, 0) is 30.9 Å². The molecule has 0 aliphatic rings. The third kappa shape index (κ3) is 2.17. The van der Waals surface area contributed by atoms with Gasteiger partial charge in [0.1, 0.15) is 5.75 Å². The second kappa shape index (κ2) is 4.84. The first kappa shape index (κ1) is 12.0. The number of aromatic amines is 1. The average molecular weight is 249 g/mol. The van der Waals surface area contributed by atoms with E-state index in [2.05, 4.69) is 11.9 Å². The van der Waals surface area contributed by atoms with Crippen LogP contribution in [0.25, 0.3) is 10.9 Å². The monoisotopic (exact) mass is 249 g/mol. The Kier molecular flexibility index (Phi) is 3.43. The van der Waals surface area contributed by atoms with Crippen molar-refractivity contribution in [3.8, 4) is 5.75 Å². The van der Waals surface area contributed by atoms with Crippen LogP contribution >= 0.6 is 11.8 Å². The molecule has 0 radical (unpaired) electrons. The summed E-state index contributed by atoms with van der Waals surface area (Å²) in [6, 6.07) is 5.74. The summed E-state index contributed by atoms with van der Waals surface area (Å²) in [5.74, 6) is 1.79. The smallest absolute Gasteiger partial charge is 0.163 e. The zero-order chi connectivity index (χ0) is 12.4. The van der Waals surface area contributed by atoms with Crippen molar-refractivity contribution in [1.82, 2.24) is 4.98 Å². The zero-order valence-electron chi connectivity index (χ0n) is 10.2. The summed E-state index contributed by atoms with van der Waals surface area (Å²) >= 11 is 1.65. The van der Waals surface area contributed by atoms with E-state index in [4.69, 9.17) is 4.74 Å². The van der Waals surface area contributed by atoms with Crippen molar-refractivity contribution in [2.45, 2.75) is 18.9 Å². The molecule has 0 saturated heterocycles. The lowest BCUT2D eigenvalue weighted by Gasteiger charge is -2.00. The predicted molar refractivity (Wildman–Crippen MR) is 71.3 cm³/mol. The molecule has 3 nitrogen and oxygen atoms in total. The minimum absolute atomic E-state index is 0.0838. The number of hydrogen-bond donors (Lipinski definition) is 1. The van der Waals surface area contributed by atoms with Gasteiger partial charge in [-0.3, -0.25) is 4.79 Å². The van der Waals surface area contributed by atoms with E-state index in [0.29, 0.717) is 0 Å². The predicted octanol–water partition coefficient (Wildman–Crippen LogP) is 3.49. The Morgan fingerprint density at radius 2 is 2.24 bits per heavy atom. The van der Waals surface area contributed by atoms with E-state index in [0.717, 1.165) is 33.0 Å². The van der Waals surface area contributed by atoms with Crippen LogP contribution in [0.5, 0.6) is 5.75 Å². The fraction of sp³-hybridized carbons (Fsp3) is 0.308. The van der Waals surface area contributed by atoms with Gasteiger partial charge in [0.25, 0.3) is 0 Å². The molecule has 0 aliphatic heterocycles. The number of thioether (sulfide) groups is 1. The van der Waals surface area contributed by atoms with Gasteiger partial charge in [0.15, 0.2) is 5.78 Å². The first-order chi connectivity index (χ1) is 8.17. The van der Waals surface area contributed by atoms with E-state index in [1.807, 2.05) is 18.2 Å². The van der Waals surface area contributed by atoms with Gasteiger partial charge in [0.2, 0.25) is 0 Å². The lowest BCUT2D eigenvalue weighted by atomic mass is 10.1. The maximum atomic E-state index is 11.7. The van der Waals surface area contributed by atoms with Crippen LogP contribution in [0.3, 0.4) is 0 Å². The molecule has 0 fully saturated rings. The number of ether oxygens (including phenoxy) is 1. The number of rotatable bonds is 4. The Balaban J connectivity index is 2.68. The van der Waals surface area contributed by atoms with Gasteiger partial charge in [-0.25, -0.2) is 0 Å². The summed E-state index contributed by atoms with van der Waals surface area (Å²) in [7, 11) is 1.63. The Labute approximate surface area is 105 Å². The first-order valence-corrected chi connectivity index (χ1v) is 6.49. The molecule has 4 heteroatoms. The summed E-state index contributed by atoms with van der Waals surface area (Å²) in [6.45, 7) is 3.67. The van der Waals surface area contributed by atoms with E-state index in [1.165, 1.54) is 0 Å². The van der Waals surface area contributed by atoms with Crippen molar-refractivity contribution in [1.29, 1.82) is 0 Å². The molecule has 17 heavy (non-hydrogen) atoms. The van der Waals surface area contributed by atoms with E-state index < -0.39 is 0 Å². The number of nitrogens with one attached hydrogen (secondary N) is 1. The quantitative estimate of drug-likeness (QED) is 0.666. The molecule has 0 amide bonds. The molecular weight excluding hydrogens is 234 g/mol. The van der Waals surface area contributed by atoms with Gasteiger partial charge in [-0.1, -0.05) is 6.92 Å². The van der Waals surface area contributed by atoms with Gasteiger partial charge in [-0.2, -0.15) is 0 Å². The molecule has 0 saturated carbocycles. The third-order valence-corrected chi connectivity index (χ3v) is 3.50. The number of aromatic nitrogens is 1. The molecule has 1 aromatic carbocycles. The van der Waals surface area contributed by atoms with Gasteiger partial charge in [0.05, 0.1) is 17.7 Å². The molecule has 2 aromatic rings. The Morgan fingerprint density at radius 3 is 2.82 bits per heavy atom. The molecule has 0 bridgehead atoms. The van der Waals surface area contributed by atoms with Crippen LogP contribution < -0.4 is 4.74 Å². The second-order valence-electron chi connectivity index (χ2n) is 3.73. The van der Waals surface area contributed by atoms with Crippen molar-refractivity contribution in [3.05, 3.63) is 23.8 Å². The van der Waals surface area contributed by atoms with Crippen molar-refractivity contribution >= 4 is 28.4 Å². The minimum Gasteiger partial charge on any atom is -0.497 e.